The molecule has 0 saturated carbocycles. The monoisotopic (exact) mass is 478 g/mol. The maximum absolute atomic E-state index is 13.3. The third kappa shape index (κ3) is 5.20. The van der Waals surface area contributed by atoms with E-state index in [4.69, 9.17) is 23.9 Å². The van der Waals surface area contributed by atoms with Crippen molar-refractivity contribution in [3.8, 4) is 28.5 Å². The Balaban J connectivity index is 1.90. The minimum atomic E-state index is -0.130. The van der Waals surface area contributed by atoms with Crippen LogP contribution in [0.25, 0.3) is 22.2 Å². The van der Waals surface area contributed by atoms with Gasteiger partial charge in [0.25, 0.3) is 0 Å². The number of nitrogens with zero attached hydrogens (tertiary/aromatic N) is 2. The van der Waals surface area contributed by atoms with E-state index in [0.29, 0.717) is 35.9 Å². The predicted octanol–water partition coefficient (Wildman–Crippen LogP) is 5.09. The number of rotatable bonds is 9. The molecule has 7 nitrogen and oxygen atoms in total. The lowest BCUT2D eigenvalue weighted by molar-refractivity contribution is -0.136. The summed E-state index contributed by atoms with van der Waals surface area (Å²) in [6.07, 6.45) is 2.04. The molecule has 1 saturated heterocycles. The molecular weight excluding hydrogens is 444 g/mol. The summed E-state index contributed by atoms with van der Waals surface area (Å²) >= 11 is 0. The van der Waals surface area contributed by atoms with Crippen LogP contribution in [0, 0.1) is 5.92 Å². The number of hydrogen-bond acceptors (Lipinski definition) is 6. The molecule has 1 atom stereocenters. The molecule has 4 rings (SSSR count). The van der Waals surface area contributed by atoms with Crippen molar-refractivity contribution in [3.05, 3.63) is 48.0 Å². The van der Waals surface area contributed by atoms with Gasteiger partial charge in [-0.2, -0.15) is 0 Å². The molecule has 186 valence electrons. The van der Waals surface area contributed by atoms with Crippen LogP contribution in [0.1, 0.15) is 32.3 Å². The second-order valence-corrected chi connectivity index (χ2v) is 9.07. The molecule has 1 aliphatic rings. The molecule has 0 bridgehead atoms. The summed E-state index contributed by atoms with van der Waals surface area (Å²) in [5.41, 5.74) is 3.19. The summed E-state index contributed by atoms with van der Waals surface area (Å²) in [5.74, 6) is 2.02. The number of amides is 1. The Morgan fingerprint density at radius 2 is 1.77 bits per heavy atom. The fourth-order valence-corrected chi connectivity index (χ4v) is 4.62. The maximum atomic E-state index is 13.3. The maximum Gasteiger partial charge on any atom is 0.225 e. The molecule has 0 radical (unpaired) electrons. The first-order chi connectivity index (χ1) is 17.0. The Labute approximate surface area is 207 Å². The van der Waals surface area contributed by atoms with Gasteiger partial charge in [0, 0.05) is 36.6 Å². The third-order valence-electron chi connectivity index (χ3n) is 6.40. The molecule has 0 aliphatic carbocycles. The molecule has 2 aromatic carbocycles. The van der Waals surface area contributed by atoms with Crippen LogP contribution >= 0.6 is 0 Å². The average Bonchev–Trinajstić information content (AvgIpc) is 3.39. The van der Waals surface area contributed by atoms with E-state index >= 15 is 0 Å². The van der Waals surface area contributed by atoms with Crippen molar-refractivity contribution < 1.29 is 23.7 Å². The van der Waals surface area contributed by atoms with E-state index in [1.807, 2.05) is 55.1 Å². The van der Waals surface area contributed by atoms with Gasteiger partial charge in [0.1, 0.15) is 22.8 Å². The van der Waals surface area contributed by atoms with E-state index in [1.54, 1.807) is 21.3 Å². The van der Waals surface area contributed by atoms with Crippen molar-refractivity contribution in [1.82, 2.24) is 9.88 Å². The topological polar surface area (TPSA) is 70.1 Å². The minimum Gasteiger partial charge on any atom is -0.496 e. The van der Waals surface area contributed by atoms with Gasteiger partial charge in [-0.1, -0.05) is 26.0 Å². The van der Waals surface area contributed by atoms with Crippen LogP contribution < -0.4 is 14.2 Å². The number of pyridine rings is 1. The van der Waals surface area contributed by atoms with Crippen molar-refractivity contribution in [1.29, 1.82) is 0 Å². The zero-order valence-electron chi connectivity index (χ0n) is 21.2. The zero-order chi connectivity index (χ0) is 24.9. The van der Waals surface area contributed by atoms with Gasteiger partial charge < -0.3 is 23.8 Å². The third-order valence-corrected chi connectivity index (χ3v) is 6.40. The van der Waals surface area contributed by atoms with Crippen LogP contribution in [-0.4, -0.2) is 56.4 Å². The van der Waals surface area contributed by atoms with Gasteiger partial charge in [-0.25, -0.2) is 4.98 Å². The van der Waals surface area contributed by atoms with Crippen molar-refractivity contribution in [2.45, 2.75) is 39.3 Å². The van der Waals surface area contributed by atoms with E-state index in [2.05, 4.69) is 6.07 Å². The fourth-order valence-electron chi connectivity index (χ4n) is 4.62. The number of para-hydroxylation sites is 1. The molecule has 1 aliphatic heterocycles. The molecule has 1 amide bonds. The van der Waals surface area contributed by atoms with Crippen LogP contribution in [-0.2, 0) is 16.1 Å². The highest BCUT2D eigenvalue weighted by molar-refractivity contribution is 5.93. The van der Waals surface area contributed by atoms with E-state index in [0.717, 1.165) is 41.7 Å². The first-order valence-corrected chi connectivity index (χ1v) is 12.0. The van der Waals surface area contributed by atoms with E-state index < -0.39 is 0 Å². The SMILES string of the molecule is COc1ccccc1-c1nc2c(OC)ccc(OC)c2cc1CN(C[C@H]1CCCO1)C(=O)C(C)C. The lowest BCUT2D eigenvalue weighted by Crippen LogP contribution is -2.39. The Bertz CT molecular complexity index is 1190. The van der Waals surface area contributed by atoms with Crippen molar-refractivity contribution in [2.75, 3.05) is 34.5 Å². The van der Waals surface area contributed by atoms with Crippen LogP contribution in [0.15, 0.2) is 42.5 Å². The van der Waals surface area contributed by atoms with Crippen molar-refractivity contribution >= 4 is 16.8 Å². The number of hydrogen-bond donors (Lipinski definition) is 0. The first kappa shape index (κ1) is 24.8. The van der Waals surface area contributed by atoms with E-state index in [9.17, 15) is 4.79 Å². The minimum absolute atomic E-state index is 0.0513. The lowest BCUT2D eigenvalue weighted by atomic mass is 10.0. The molecule has 35 heavy (non-hydrogen) atoms. The van der Waals surface area contributed by atoms with Crippen molar-refractivity contribution in [3.63, 3.8) is 0 Å². The van der Waals surface area contributed by atoms with Gasteiger partial charge in [0.05, 0.1) is 33.1 Å². The molecule has 0 spiro atoms. The quantitative estimate of drug-likeness (QED) is 0.427. The summed E-state index contributed by atoms with van der Waals surface area (Å²) in [4.78, 5) is 20.2. The highest BCUT2D eigenvalue weighted by Crippen LogP contribution is 2.38. The summed E-state index contributed by atoms with van der Waals surface area (Å²) in [6, 6.07) is 13.6. The van der Waals surface area contributed by atoms with Gasteiger partial charge in [-0.05, 0) is 48.7 Å². The van der Waals surface area contributed by atoms with E-state index in [-0.39, 0.29) is 17.9 Å². The van der Waals surface area contributed by atoms with Crippen molar-refractivity contribution in [2.24, 2.45) is 5.92 Å². The second-order valence-electron chi connectivity index (χ2n) is 9.07. The smallest absolute Gasteiger partial charge is 0.225 e. The Morgan fingerprint density at radius 1 is 1.06 bits per heavy atom. The van der Waals surface area contributed by atoms with Gasteiger partial charge >= 0.3 is 0 Å². The Kier molecular flexibility index (Phi) is 7.76. The zero-order valence-corrected chi connectivity index (χ0v) is 21.2. The molecule has 3 aromatic rings. The largest absolute Gasteiger partial charge is 0.496 e. The van der Waals surface area contributed by atoms with Crippen LogP contribution in [0.5, 0.6) is 17.2 Å². The summed E-state index contributed by atoms with van der Waals surface area (Å²) in [6.45, 7) is 5.55. The number of carbonyl (C=O) groups excluding carboxylic acids is 1. The molecule has 1 aromatic heterocycles. The fraction of sp³-hybridized carbons (Fsp3) is 0.429. The number of carbonyl (C=O) groups is 1. The number of aromatic nitrogens is 1. The Hall–Kier alpha value is -3.32. The van der Waals surface area contributed by atoms with Gasteiger partial charge in [-0.15, -0.1) is 0 Å². The van der Waals surface area contributed by atoms with Crippen LogP contribution in [0.2, 0.25) is 0 Å². The van der Waals surface area contributed by atoms with Crippen LogP contribution in [0.4, 0.5) is 0 Å². The molecule has 2 heterocycles. The number of ether oxygens (including phenoxy) is 4. The highest BCUT2D eigenvalue weighted by Gasteiger charge is 2.26. The predicted molar refractivity (Wildman–Crippen MR) is 136 cm³/mol. The molecular formula is C28H34N2O5. The number of methoxy groups -OCH3 is 3. The Morgan fingerprint density at radius 3 is 2.43 bits per heavy atom. The second kappa shape index (κ2) is 11.0. The normalized spacial score (nSPS) is 15.4. The molecule has 0 unspecified atom stereocenters. The molecule has 1 fully saturated rings. The molecule has 0 N–H and O–H groups in total. The van der Waals surface area contributed by atoms with Gasteiger partial charge in [0.15, 0.2) is 0 Å². The standard InChI is InChI=1S/C28H34N2O5/c1-18(2)28(31)30(17-20-9-8-14-35-20)16-19-15-22-24(33-4)12-13-25(34-5)27(22)29-26(19)21-10-6-7-11-23(21)32-3/h6-7,10-13,15,18,20H,8-9,14,16-17H2,1-5H3/t20-/m1/s1. The average molecular weight is 479 g/mol. The van der Waals surface area contributed by atoms with Crippen LogP contribution in [0.3, 0.4) is 0 Å². The number of fused-ring (bicyclic) bond motifs is 1. The molecule has 7 heteroatoms. The summed E-state index contributed by atoms with van der Waals surface area (Å²) in [5, 5.41) is 0.828. The van der Waals surface area contributed by atoms with Gasteiger partial charge in [0.2, 0.25) is 5.91 Å². The number of benzene rings is 2. The van der Waals surface area contributed by atoms with Gasteiger partial charge in [-0.3, -0.25) is 4.79 Å². The van der Waals surface area contributed by atoms with E-state index in [1.165, 1.54) is 0 Å². The summed E-state index contributed by atoms with van der Waals surface area (Å²) in [7, 11) is 4.92. The highest BCUT2D eigenvalue weighted by atomic mass is 16.5. The summed E-state index contributed by atoms with van der Waals surface area (Å²) < 4.78 is 22.8. The first-order valence-electron chi connectivity index (χ1n) is 12.0. The lowest BCUT2D eigenvalue weighted by Gasteiger charge is -2.28.